The van der Waals surface area contributed by atoms with Crippen molar-refractivity contribution in [2.24, 2.45) is 0 Å². The van der Waals surface area contributed by atoms with Gasteiger partial charge in [0.05, 0.1) is 0 Å². The van der Waals surface area contributed by atoms with Gasteiger partial charge in [0.25, 0.3) is 10.9 Å². The minimum Gasteiger partial charge on any atom is -0.365 e. The smallest absolute Gasteiger partial charge is 0.253 e. The van der Waals surface area contributed by atoms with Crippen molar-refractivity contribution in [1.29, 1.82) is 0 Å². The molecule has 1 aromatic rings. The van der Waals surface area contributed by atoms with Gasteiger partial charge in [-0.25, -0.2) is 0 Å². The predicted molar refractivity (Wildman–Crippen MR) is 75.6 cm³/mol. The van der Waals surface area contributed by atoms with Crippen molar-refractivity contribution < 1.29 is 0 Å². The second kappa shape index (κ2) is 5.55. The van der Waals surface area contributed by atoms with Crippen molar-refractivity contribution in [3.63, 3.8) is 0 Å². The summed E-state index contributed by atoms with van der Waals surface area (Å²) in [6.07, 6.45) is 4.38. The topological polar surface area (TPSA) is 40.6 Å². The summed E-state index contributed by atoms with van der Waals surface area (Å²) in [4.78, 5) is 27.6. The lowest BCUT2D eigenvalue weighted by Gasteiger charge is -2.39. The summed E-state index contributed by atoms with van der Waals surface area (Å²) in [6, 6.07) is 0. The van der Waals surface area contributed by atoms with Crippen LogP contribution in [-0.2, 0) is 0 Å². The standard InChI is InChI=1S/C14H22N2O2/c1-3-5-7-15-9-10-16(8-6-4-2)12-11(15)13(17)14(12)18/h3-10H2,1-2H3. The molecule has 0 saturated heterocycles. The molecule has 0 bridgehead atoms. The van der Waals surface area contributed by atoms with Crippen molar-refractivity contribution in [2.45, 2.75) is 39.5 Å². The van der Waals surface area contributed by atoms with Crippen molar-refractivity contribution >= 4 is 11.4 Å². The van der Waals surface area contributed by atoms with Crippen LogP contribution < -0.4 is 20.7 Å². The first-order valence-electron chi connectivity index (χ1n) is 7.03. The number of rotatable bonds is 6. The number of hydrogen-bond donors (Lipinski definition) is 0. The lowest BCUT2D eigenvalue weighted by Crippen LogP contribution is -2.53. The van der Waals surface area contributed by atoms with Crippen LogP contribution in [0.2, 0.25) is 0 Å². The predicted octanol–water partition coefficient (Wildman–Crippen LogP) is 1.51. The molecule has 1 aliphatic rings. The molecule has 1 aromatic carbocycles. The monoisotopic (exact) mass is 250 g/mol. The average molecular weight is 250 g/mol. The molecule has 18 heavy (non-hydrogen) atoms. The molecule has 0 aromatic heterocycles. The van der Waals surface area contributed by atoms with Crippen LogP contribution in [0.15, 0.2) is 9.59 Å². The van der Waals surface area contributed by atoms with Gasteiger partial charge in [-0.3, -0.25) is 9.59 Å². The number of nitrogens with zero attached hydrogens (tertiary/aromatic N) is 2. The summed E-state index contributed by atoms with van der Waals surface area (Å²) in [5.41, 5.74) is 0.830. The lowest BCUT2D eigenvalue weighted by atomic mass is 10.1. The molecule has 4 nitrogen and oxygen atoms in total. The van der Waals surface area contributed by atoms with Gasteiger partial charge >= 0.3 is 0 Å². The maximum absolute atomic E-state index is 11.7. The maximum atomic E-state index is 11.7. The van der Waals surface area contributed by atoms with E-state index in [1.807, 2.05) is 0 Å². The van der Waals surface area contributed by atoms with Gasteiger partial charge in [0.15, 0.2) is 0 Å². The van der Waals surface area contributed by atoms with E-state index in [4.69, 9.17) is 0 Å². The second-order valence-corrected chi connectivity index (χ2v) is 5.04. The van der Waals surface area contributed by atoms with Crippen LogP contribution in [0.5, 0.6) is 0 Å². The minimum atomic E-state index is -0.276. The van der Waals surface area contributed by atoms with E-state index in [0.29, 0.717) is 11.4 Å². The Hall–Kier alpha value is -1.32. The lowest BCUT2D eigenvalue weighted by molar-refractivity contribution is 0.639. The Balaban J connectivity index is 2.16. The number of unbranched alkanes of at least 4 members (excludes halogenated alkanes) is 2. The summed E-state index contributed by atoms with van der Waals surface area (Å²) < 4.78 is 0. The number of anilines is 2. The van der Waals surface area contributed by atoms with Crippen LogP contribution >= 0.6 is 0 Å². The molecule has 0 aliphatic carbocycles. The zero-order valence-corrected chi connectivity index (χ0v) is 11.4. The number of hydrogen-bond acceptors (Lipinski definition) is 4. The van der Waals surface area contributed by atoms with Crippen molar-refractivity contribution in [2.75, 3.05) is 36.0 Å². The SMILES string of the molecule is CCCCN1CCN(CCCC)c2c1c(=O)c2=O. The Morgan fingerprint density at radius 3 is 1.56 bits per heavy atom. The zero-order valence-electron chi connectivity index (χ0n) is 11.4. The average Bonchev–Trinajstić information content (AvgIpc) is 2.41. The first kappa shape index (κ1) is 13.1. The van der Waals surface area contributed by atoms with Gasteiger partial charge in [-0.15, -0.1) is 0 Å². The first-order chi connectivity index (χ1) is 8.70. The van der Waals surface area contributed by atoms with Crippen molar-refractivity contribution in [3.8, 4) is 0 Å². The highest BCUT2D eigenvalue weighted by molar-refractivity contribution is 5.78. The van der Waals surface area contributed by atoms with Gasteiger partial charge < -0.3 is 9.80 Å². The van der Waals surface area contributed by atoms with E-state index in [1.165, 1.54) is 0 Å². The van der Waals surface area contributed by atoms with Gasteiger partial charge in [-0.05, 0) is 12.8 Å². The van der Waals surface area contributed by atoms with Crippen LogP contribution in [0.1, 0.15) is 39.5 Å². The molecule has 1 heterocycles. The van der Waals surface area contributed by atoms with E-state index in [1.54, 1.807) is 0 Å². The Kier molecular flexibility index (Phi) is 4.04. The van der Waals surface area contributed by atoms with Crippen LogP contribution in [0.25, 0.3) is 0 Å². The quantitative estimate of drug-likeness (QED) is 0.718. The molecule has 0 saturated carbocycles. The van der Waals surface area contributed by atoms with Gasteiger partial charge in [-0.1, -0.05) is 26.7 Å². The molecule has 0 radical (unpaired) electrons. The zero-order chi connectivity index (χ0) is 13.1. The van der Waals surface area contributed by atoms with Crippen LogP contribution in [0, 0.1) is 0 Å². The molecule has 100 valence electrons. The molecule has 0 fully saturated rings. The highest BCUT2D eigenvalue weighted by Crippen LogP contribution is 2.28. The Morgan fingerprint density at radius 1 is 0.833 bits per heavy atom. The van der Waals surface area contributed by atoms with E-state index in [2.05, 4.69) is 23.6 Å². The van der Waals surface area contributed by atoms with Crippen LogP contribution in [-0.4, -0.2) is 26.2 Å². The Bertz CT molecular complexity index is 430. The maximum Gasteiger partial charge on any atom is 0.253 e. The molecule has 2 rings (SSSR count). The summed E-state index contributed by atoms with van der Waals surface area (Å²) in [6.45, 7) is 7.83. The molecule has 4 heteroatoms. The fourth-order valence-electron chi connectivity index (χ4n) is 2.56. The van der Waals surface area contributed by atoms with Gasteiger partial charge in [0.1, 0.15) is 11.4 Å². The molecule has 1 aliphatic heterocycles. The van der Waals surface area contributed by atoms with Gasteiger partial charge in [0, 0.05) is 26.2 Å². The summed E-state index contributed by atoms with van der Waals surface area (Å²) in [5, 5.41) is 0. The fraction of sp³-hybridized carbons (Fsp3) is 0.714. The van der Waals surface area contributed by atoms with Gasteiger partial charge in [0.2, 0.25) is 0 Å². The minimum absolute atomic E-state index is 0.276. The van der Waals surface area contributed by atoms with E-state index in [0.717, 1.165) is 51.9 Å². The van der Waals surface area contributed by atoms with Crippen LogP contribution in [0.3, 0.4) is 0 Å². The normalized spacial score (nSPS) is 15.2. The summed E-state index contributed by atoms with van der Waals surface area (Å²) >= 11 is 0. The van der Waals surface area contributed by atoms with E-state index < -0.39 is 0 Å². The summed E-state index contributed by atoms with van der Waals surface area (Å²) in [7, 11) is 0. The van der Waals surface area contributed by atoms with Crippen LogP contribution in [0.4, 0.5) is 11.4 Å². The summed E-state index contributed by atoms with van der Waals surface area (Å²) in [5.74, 6) is 0. The number of fused-ring (bicyclic) bond motifs is 1. The highest BCUT2D eigenvalue weighted by atomic mass is 16.2. The largest absolute Gasteiger partial charge is 0.365 e. The first-order valence-corrected chi connectivity index (χ1v) is 7.03. The molecule has 0 atom stereocenters. The van der Waals surface area contributed by atoms with Crippen molar-refractivity contribution in [1.82, 2.24) is 0 Å². The molecular formula is C14H22N2O2. The van der Waals surface area contributed by atoms with Crippen molar-refractivity contribution in [3.05, 3.63) is 20.4 Å². The molecule has 0 N–H and O–H groups in total. The third-order valence-corrected chi connectivity index (χ3v) is 3.70. The third kappa shape index (κ3) is 2.16. The van der Waals surface area contributed by atoms with E-state index in [-0.39, 0.29) is 10.9 Å². The Labute approximate surface area is 108 Å². The highest BCUT2D eigenvalue weighted by Gasteiger charge is 2.33. The molecular weight excluding hydrogens is 228 g/mol. The molecule has 0 amide bonds. The Morgan fingerprint density at radius 2 is 1.22 bits per heavy atom. The van der Waals surface area contributed by atoms with E-state index in [9.17, 15) is 9.59 Å². The third-order valence-electron chi connectivity index (χ3n) is 3.70. The molecule has 0 spiro atoms. The van der Waals surface area contributed by atoms with Gasteiger partial charge in [-0.2, -0.15) is 0 Å². The fourth-order valence-corrected chi connectivity index (χ4v) is 2.56. The molecule has 0 unspecified atom stereocenters. The van der Waals surface area contributed by atoms with E-state index >= 15 is 0 Å². The second-order valence-electron chi connectivity index (χ2n) is 5.04.